The molecule has 2 rings (SSSR count). The maximum atomic E-state index is 10.5. The highest BCUT2D eigenvalue weighted by Crippen LogP contribution is 2.25. The number of nitrogens with two attached hydrogens (primary N) is 1. The van der Waals surface area contributed by atoms with Crippen LogP contribution < -0.4 is 10.5 Å². The Hall–Kier alpha value is -1.78. The van der Waals surface area contributed by atoms with Crippen molar-refractivity contribution in [2.45, 2.75) is 30.7 Å². The maximum absolute atomic E-state index is 10.5. The average Bonchev–Trinajstić information content (AvgIpc) is 2.48. The largest absolute Gasteiger partial charge is 0.462 e. The summed E-state index contributed by atoms with van der Waals surface area (Å²) in [5.41, 5.74) is 5.29. The lowest BCUT2D eigenvalue weighted by atomic mass is 9.99. The van der Waals surface area contributed by atoms with Gasteiger partial charge in [-0.1, -0.05) is 0 Å². The van der Waals surface area contributed by atoms with Crippen LogP contribution in [-0.4, -0.2) is 57.5 Å². The van der Waals surface area contributed by atoms with Gasteiger partial charge in [0.2, 0.25) is 6.29 Å². The molecule has 0 aromatic heterocycles. The first-order valence-corrected chi connectivity index (χ1v) is 6.25. The maximum Gasteiger partial charge on any atom is 0.269 e. The summed E-state index contributed by atoms with van der Waals surface area (Å²) in [7, 11) is 0. The first-order valence-electron chi connectivity index (χ1n) is 6.25. The molecule has 5 N–H and O–H groups in total. The van der Waals surface area contributed by atoms with Gasteiger partial charge in [-0.25, -0.2) is 0 Å². The lowest BCUT2D eigenvalue weighted by molar-refractivity contribution is -0.384. The normalized spacial score (nSPS) is 32.7. The molecule has 0 amide bonds. The van der Waals surface area contributed by atoms with Crippen LogP contribution in [0.15, 0.2) is 24.3 Å². The summed E-state index contributed by atoms with van der Waals surface area (Å²) in [6.07, 6.45) is -6.38. The monoisotopic (exact) mass is 300 g/mol. The summed E-state index contributed by atoms with van der Waals surface area (Å²) in [6, 6.07) is 5.14. The van der Waals surface area contributed by atoms with Gasteiger partial charge < -0.3 is 30.5 Å². The summed E-state index contributed by atoms with van der Waals surface area (Å²) >= 11 is 0. The van der Waals surface area contributed by atoms with Gasteiger partial charge in [-0.3, -0.25) is 10.1 Å². The summed E-state index contributed by atoms with van der Waals surface area (Å²) in [5, 5.41) is 39.7. The molecule has 21 heavy (non-hydrogen) atoms. The molecule has 1 aromatic carbocycles. The minimum atomic E-state index is -1.47. The van der Waals surface area contributed by atoms with Crippen molar-refractivity contribution in [2.24, 2.45) is 5.73 Å². The zero-order valence-corrected chi connectivity index (χ0v) is 10.9. The minimum absolute atomic E-state index is 0.0644. The van der Waals surface area contributed by atoms with E-state index in [9.17, 15) is 25.4 Å². The van der Waals surface area contributed by atoms with E-state index >= 15 is 0 Å². The second-order valence-corrected chi connectivity index (χ2v) is 4.62. The Kier molecular flexibility index (Phi) is 4.70. The van der Waals surface area contributed by atoms with E-state index in [1.807, 2.05) is 0 Å². The number of nitro groups is 1. The molecule has 5 atom stereocenters. The van der Waals surface area contributed by atoms with Crippen molar-refractivity contribution in [3.8, 4) is 5.75 Å². The Balaban J connectivity index is 2.08. The van der Waals surface area contributed by atoms with Gasteiger partial charge in [-0.15, -0.1) is 0 Å². The molecule has 0 radical (unpaired) electrons. The second kappa shape index (κ2) is 6.33. The predicted octanol–water partition coefficient (Wildman–Crippen LogP) is -1.26. The Morgan fingerprint density at radius 1 is 1.19 bits per heavy atom. The van der Waals surface area contributed by atoms with Crippen LogP contribution >= 0.6 is 0 Å². The van der Waals surface area contributed by atoms with Crippen molar-refractivity contribution in [1.29, 1.82) is 0 Å². The third-order valence-corrected chi connectivity index (χ3v) is 3.20. The molecule has 116 valence electrons. The number of nitrogens with zero attached hydrogens (tertiary/aromatic N) is 1. The molecule has 0 saturated carbocycles. The fraction of sp³-hybridized carbons (Fsp3) is 0.500. The van der Waals surface area contributed by atoms with E-state index < -0.39 is 35.6 Å². The summed E-state index contributed by atoms with van der Waals surface area (Å²) in [5.74, 6) is 0.212. The van der Waals surface area contributed by atoms with Gasteiger partial charge in [0.05, 0.1) is 4.92 Å². The molecule has 9 heteroatoms. The smallest absolute Gasteiger partial charge is 0.269 e. The molecule has 1 fully saturated rings. The van der Waals surface area contributed by atoms with Crippen molar-refractivity contribution >= 4 is 5.69 Å². The number of hydrogen-bond donors (Lipinski definition) is 4. The van der Waals surface area contributed by atoms with E-state index in [1.54, 1.807) is 0 Å². The number of non-ortho nitro benzene ring substituents is 1. The SMILES string of the molecule is NC[C@H]1O[C@H](Oc2ccc([N+](=O)[O-])cc2)[C@@H](O)[C@@H](O)[C@@H]1O. The van der Waals surface area contributed by atoms with E-state index in [2.05, 4.69) is 0 Å². The second-order valence-electron chi connectivity index (χ2n) is 4.62. The predicted molar refractivity (Wildman–Crippen MR) is 69.5 cm³/mol. The number of rotatable bonds is 4. The first kappa shape index (κ1) is 15.6. The van der Waals surface area contributed by atoms with E-state index in [1.165, 1.54) is 24.3 Å². The van der Waals surface area contributed by atoms with Gasteiger partial charge in [-0.05, 0) is 12.1 Å². The lowest BCUT2D eigenvalue weighted by Crippen LogP contribution is -2.60. The molecule has 0 aliphatic carbocycles. The first-order chi connectivity index (χ1) is 9.93. The van der Waals surface area contributed by atoms with Crippen molar-refractivity contribution in [3.05, 3.63) is 34.4 Å². The molecular formula is C12H16N2O7. The molecular weight excluding hydrogens is 284 g/mol. The molecule has 9 nitrogen and oxygen atoms in total. The van der Waals surface area contributed by atoms with Crippen LogP contribution in [0.1, 0.15) is 0 Å². The zero-order valence-electron chi connectivity index (χ0n) is 10.9. The number of aliphatic hydroxyl groups is 3. The fourth-order valence-corrected chi connectivity index (χ4v) is 1.99. The van der Waals surface area contributed by atoms with Crippen LogP contribution in [0.2, 0.25) is 0 Å². The number of aliphatic hydroxyl groups excluding tert-OH is 3. The third-order valence-electron chi connectivity index (χ3n) is 3.20. The molecule has 1 aromatic rings. The van der Waals surface area contributed by atoms with Gasteiger partial charge in [0, 0.05) is 18.7 Å². The van der Waals surface area contributed by atoms with Crippen LogP contribution in [0.3, 0.4) is 0 Å². The van der Waals surface area contributed by atoms with Crippen LogP contribution in [-0.2, 0) is 4.74 Å². The van der Waals surface area contributed by atoms with Gasteiger partial charge >= 0.3 is 0 Å². The van der Waals surface area contributed by atoms with Crippen molar-refractivity contribution in [2.75, 3.05) is 6.54 Å². The Morgan fingerprint density at radius 3 is 2.33 bits per heavy atom. The van der Waals surface area contributed by atoms with E-state index in [4.69, 9.17) is 15.2 Å². The zero-order chi connectivity index (χ0) is 15.6. The highest BCUT2D eigenvalue weighted by molar-refractivity contribution is 5.36. The summed E-state index contributed by atoms with van der Waals surface area (Å²) in [4.78, 5) is 9.99. The highest BCUT2D eigenvalue weighted by Gasteiger charge is 2.44. The lowest BCUT2D eigenvalue weighted by Gasteiger charge is -2.39. The van der Waals surface area contributed by atoms with Crippen molar-refractivity contribution in [3.63, 3.8) is 0 Å². The quantitative estimate of drug-likeness (QED) is 0.397. The van der Waals surface area contributed by atoms with Gasteiger partial charge in [0.25, 0.3) is 5.69 Å². The summed E-state index contributed by atoms with van der Waals surface area (Å²) in [6.45, 7) is -0.0644. The van der Waals surface area contributed by atoms with E-state index in [0.29, 0.717) is 0 Å². The average molecular weight is 300 g/mol. The van der Waals surface area contributed by atoms with Gasteiger partial charge in [0.1, 0.15) is 30.2 Å². The molecule has 0 bridgehead atoms. The van der Waals surface area contributed by atoms with Crippen LogP contribution in [0.25, 0.3) is 0 Å². The standard InChI is InChI=1S/C12H16N2O7/c13-5-8-9(15)10(16)11(17)12(21-8)20-7-3-1-6(2-4-7)14(18)19/h1-4,8-12,15-17H,5,13H2/t8-,9-,10+,11+,12+/m1/s1. The number of hydrogen-bond acceptors (Lipinski definition) is 8. The third kappa shape index (κ3) is 3.28. The number of ether oxygens (including phenoxy) is 2. The molecule has 1 saturated heterocycles. The number of nitro benzene ring substituents is 1. The van der Waals surface area contributed by atoms with Crippen molar-refractivity contribution < 1.29 is 29.7 Å². The highest BCUT2D eigenvalue weighted by atomic mass is 16.7. The van der Waals surface area contributed by atoms with E-state index in [-0.39, 0.29) is 18.0 Å². The molecule has 0 unspecified atom stereocenters. The minimum Gasteiger partial charge on any atom is -0.462 e. The van der Waals surface area contributed by atoms with Crippen LogP contribution in [0.4, 0.5) is 5.69 Å². The molecule has 1 aliphatic heterocycles. The van der Waals surface area contributed by atoms with Crippen LogP contribution in [0.5, 0.6) is 5.75 Å². The fourth-order valence-electron chi connectivity index (χ4n) is 1.99. The van der Waals surface area contributed by atoms with Gasteiger partial charge in [0.15, 0.2) is 0 Å². The number of benzene rings is 1. The Morgan fingerprint density at radius 2 is 1.81 bits per heavy atom. The molecule has 1 heterocycles. The van der Waals surface area contributed by atoms with Crippen molar-refractivity contribution in [1.82, 2.24) is 0 Å². The van der Waals surface area contributed by atoms with E-state index in [0.717, 1.165) is 0 Å². The van der Waals surface area contributed by atoms with Crippen LogP contribution in [0, 0.1) is 10.1 Å². The van der Waals surface area contributed by atoms with Gasteiger partial charge in [-0.2, -0.15) is 0 Å². The topological polar surface area (TPSA) is 148 Å². The molecule has 1 aliphatic rings. The summed E-state index contributed by atoms with van der Waals surface area (Å²) < 4.78 is 10.6. The Bertz CT molecular complexity index is 493. The molecule has 0 spiro atoms. The Labute approximate surface area is 119 Å².